The highest BCUT2D eigenvalue weighted by Gasteiger charge is 2.20. The third-order valence-electron chi connectivity index (χ3n) is 4.17. The number of ether oxygens (including phenoxy) is 1. The molecule has 3 rings (SSSR count). The second kappa shape index (κ2) is 5.29. The molecular formula is C18H21NO. The smallest absolute Gasteiger partial charge is 0.127 e. The first-order valence-electron chi connectivity index (χ1n) is 7.21. The molecule has 0 aliphatic carbocycles. The first-order chi connectivity index (χ1) is 9.65. The zero-order valence-electron chi connectivity index (χ0n) is 12.1. The van der Waals surface area contributed by atoms with Crippen molar-refractivity contribution in [2.24, 2.45) is 5.73 Å². The molecule has 0 radical (unpaired) electrons. The first kappa shape index (κ1) is 13.2. The molecule has 0 spiro atoms. The highest BCUT2D eigenvalue weighted by Crippen LogP contribution is 2.33. The van der Waals surface area contributed by atoms with Gasteiger partial charge < -0.3 is 10.5 Å². The Bertz CT molecular complexity index is 633. The summed E-state index contributed by atoms with van der Waals surface area (Å²) in [5, 5.41) is 0. The van der Waals surface area contributed by atoms with Crippen molar-refractivity contribution in [1.29, 1.82) is 0 Å². The molecule has 0 saturated carbocycles. The minimum absolute atomic E-state index is 0.00911. The van der Waals surface area contributed by atoms with E-state index in [4.69, 9.17) is 10.5 Å². The van der Waals surface area contributed by atoms with E-state index in [1.165, 1.54) is 22.3 Å². The van der Waals surface area contributed by atoms with Crippen LogP contribution < -0.4 is 10.5 Å². The number of fused-ring (bicyclic) bond motifs is 1. The van der Waals surface area contributed by atoms with Crippen LogP contribution in [0.5, 0.6) is 5.75 Å². The molecule has 2 heteroatoms. The molecular weight excluding hydrogens is 246 g/mol. The van der Waals surface area contributed by atoms with Crippen LogP contribution in [0.1, 0.15) is 33.9 Å². The van der Waals surface area contributed by atoms with Crippen LogP contribution in [0.15, 0.2) is 36.4 Å². The van der Waals surface area contributed by atoms with Gasteiger partial charge in [-0.05, 0) is 42.5 Å². The van der Waals surface area contributed by atoms with Gasteiger partial charge in [0, 0.05) is 18.0 Å². The lowest BCUT2D eigenvalue weighted by Crippen LogP contribution is -2.14. The number of nitrogens with two attached hydrogens (primary N) is 1. The maximum atomic E-state index is 6.41. The first-order valence-corrected chi connectivity index (χ1v) is 7.21. The summed E-state index contributed by atoms with van der Waals surface area (Å²) in [6, 6.07) is 12.9. The van der Waals surface area contributed by atoms with Gasteiger partial charge in [0.1, 0.15) is 5.75 Å². The van der Waals surface area contributed by atoms with E-state index in [1.807, 2.05) is 0 Å². The summed E-state index contributed by atoms with van der Waals surface area (Å²) in [5.41, 5.74) is 12.8. The fourth-order valence-electron chi connectivity index (χ4n) is 2.83. The van der Waals surface area contributed by atoms with Crippen LogP contribution in [0, 0.1) is 13.8 Å². The lowest BCUT2D eigenvalue weighted by Gasteiger charge is -2.16. The monoisotopic (exact) mass is 267 g/mol. The highest BCUT2D eigenvalue weighted by molar-refractivity contribution is 5.46. The fourth-order valence-corrected chi connectivity index (χ4v) is 2.83. The maximum absolute atomic E-state index is 6.41. The molecule has 20 heavy (non-hydrogen) atoms. The quantitative estimate of drug-likeness (QED) is 0.924. The minimum atomic E-state index is -0.00911. The van der Waals surface area contributed by atoms with Gasteiger partial charge in [-0.25, -0.2) is 0 Å². The van der Waals surface area contributed by atoms with Gasteiger partial charge in [0.2, 0.25) is 0 Å². The summed E-state index contributed by atoms with van der Waals surface area (Å²) in [6.07, 6.45) is 1.85. The largest absolute Gasteiger partial charge is 0.493 e. The van der Waals surface area contributed by atoms with E-state index in [0.717, 1.165) is 30.8 Å². The second-order valence-corrected chi connectivity index (χ2v) is 5.66. The van der Waals surface area contributed by atoms with Crippen molar-refractivity contribution in [2.45, 2.75) is 32.7 Å². The van der Waals surface area contributed by atoms with Gasteiger partial charge in [-0.15, -0.1) is 0 Å². The van der Waals surface area contributed by atoms with Crippen molar-refractivity contribution in [3.05, 3.63) is 64.2 Å². The van der Waals surface area contributed by atoms with Crippen LogP contribution in [0.2, 0.25) is 0 Å². The lowest BCUT2D eigenvalue weighted by molar-refractivity contribution is 0.351. The second-order valence-electron chi connectivity index (χ2n) is 5.66. The molecule has 1 heterocycles. The van der Waals surface area contributed by atoms with Crippen LogP contribution >= 0.6 is 0 Å². The van der Waals surface area contributed by atoms with E-state index < -0.39 is 0 Å². The molecule has 1 atom stereocenters. The molecule has 1 aliphatic rings. The summed E-state index contributed by atoms with van der Waals surface area (Å²) in [5.74, 6) is 1.02. The van der Waals surface area contributed by atoms with Crippen LogP contribution in [0.25, 0.3) is 0 Å². The number of benzene rings is 2. The Morgan fingerprint density at radius 1 is 1.15 bits per heavy atom. The summed E-state index contributed by atoms with van der Waals surface area (Å²) in [7, 11) is 0. The van der Waals surface area contributed by atoms with Crippen molar-refractivity contribution in [1.82, 2.24) is 0 Å². The Morgan fingerprint density at radius 3 is 2.80 bits per heavy atom. The Hall–Kier alpha value is -1.80. The Labute approximate surface area is 120 Å². The van der Waals surface area contributed by atoms with Crippen molar-refractivity contribution in [3.8, 4) is 5.75 Å². The van der Waals surface area contributed by atoms with Crippen LogP contribution in [0.4, 0.5) is 0 Å². The van der Waals surface area contributed by atoms with Crippen LogP contribution in [-0.4, -0.2) is 6.61 Å². The van der Waals surface area contributed by atoms with E-state index in [9.17, 15) is 0 Å². The minimum Gasteiger partial charge on any atom is -0.493 e. The van der Waals surface area contributed by atoms with Crippen LogP contribution in [0.3, 0.4) is 0 Å². The number of para-hydroxylation sites is 1. The van der Waals surface area contributed by atoms with E-state index in [2.05, 4.69) is 50.2 Å². The molecule has 0 bridgehead atoms. The molecule has 0 saturated heterocycles. The SMILES string of the molecule is Cc1ccc(CC(N)c2cccc3c2OCC3)cc1C. The zero-order chi connectivity index (χ0) is 14.1. The van der Waals surface area contributed by atoms with Crippen molar-refractivity contribution in [3.63, 3.8) is 0 Å². The Balaban J connectivity index is 1.84. The van der Waals surface area contributed by atoms with Crippen molar-refractivity contribution < 1.29 is 4.74 Å². The molecule has 104 valence electrons. The van der Waals surface area contributed by atoms with E-state index in [0.29, 0.717) is 0 Å². The van der Waals surface area contributed by atoms with Gasteiger partial charge in [0.05, 0.1) is 6.61 Å². The van der Waals surface area contributed by atoms with Crippen molar-refractivity contribution >= 4 is 0 Å². The lowest BCUT2D eigenvalue weighted by atomic mass is 9.95. The van der Waals surface area contributed by atoms with E-state index in [-0.39, 0.29) is 6.04 Å². The summed E-state index contributed by atoms with van der Waals surface area (Å²) in [4.78, 5) is 0. The normalized spacial score (nSPS) is 14.8. The Kier molecular flexibility index (Phi) is 3.49. The van der Waals surface area contributed by atoms with Gasteiger partial charge in [0.25, 0.3) is 0 Å². The fraction of sp³-hybridized carbons (Fsp3) is 0.333. The number of hydrogen-bond acceptors (Lipinski definition) is 2. The average Bonchev–Trinajstić information content (AvgIpc) is 2.91. The summed E-state index contributed by atoms with van der Waals surface area (Å²) in [6.45, 7) is 5.06. The van der Waals surface area contributed by atoms with Crippen molar-refractivity contribution in [2.75, 3.05) is 6.61 Å². The Morgan fingerprint density at radius 2 is 2.00 bits per heavy atom. The average molecular weight is 267 g/mol. The maximum Gasteiger partial charge on any atom is 0.127 e. The van der Waals surface area contributed by atoms with Gasteiger partial charge in [-0.2, -0.15) is 0 Å². The van der Waals surface area contributed by atoms with Gasteiger partial charge in [0.15, 0.2) is 0 Å². The highest BCUT2D eigenvalue weighted by atomic mass is 16.5. The predicted molar refractivity (Wildman–Crippen MR) is 82.2 cm³/mol. The summed E-state index contributed by atoms with van der Waals surface area (Å²) < 4.78 is 5.75. The molecule has 2 aromatic carbocycles. The van der Waals surface area contributed by atoms with Gasteiger partial charge in [-0.1, -0.05) is 36.4 Å². The van der Waals surface area contributed by atoms with Crippen LogP contribution in [-0.2, 0) is 12.8 Å². The molecule has 2 aromatic rings. The summed E-state index contributed by atoms with van der Waals surface area (Å²) >= 11 is 0. The molecule has 2 nitrogen and oxygen atoms in total. The molecule has 0 fully saturated rings. The zero-order valence-corrected chi connectivity index (χ0v) is 12.1. The third kappa shape index (κ3) is 2.44. The van der Waals surface area contributed by atoms with E-state index >= 15 is 0 Å². The third-order valence-corrected chi connectivity index (χ3v) is 4.17. The standard InChI is InChI=1S/C18H21NO/c1-12-6-7-14(10-13(12)2)11-17(19)16-5-3-4-15-8-9-20-18(15)16/h3-7,10,17H,8-9,11,19H2,1-2H3. The molecule has 0 aromatic heterocycles. The molecule has 2 N–H and O–H groups in total. The number of aryl methyl sites for hydroxylation is 2. The number of rotatable bonds is 3. The predicted octanol–water partition coefficient (Wildman–Crippen LogP) is 3.48. The van der Waals surface area contributed by atoms with Gasteiger partial charge >= 0.3 is 0 Å². The number of hydrogen-bond donors (Lipinski definition) is 1. The van der Waals surface area contributed by atoms with E-state index in [1.54, 1.807) is 0 Å². The molecule has 0 amide bonds. The van der Waals surface area contributed by atoms with Gasteiger partial charge in [-0.3, -0.25) is 0 Å². The molecule has 1 aliphatic heterocycles. The topological polar surface area (TPSA) is 35.2 Å². The molecule has 1 unspecified atom stereocenters.